The fourth-order valence-electron chi connectivity index (χ4n) is 13.7. The number of carbonyl (C=O) groups is 11. The summed E-state index contributed by atoms with van der Waals surface area (Å²) in [6, 6.07) is -2.14. The molecule has 8 rings (SSSR count). The predicted octanol–water partition coefficient (Wildman–Crippen LogP) is 3.12. The van der Waals surface area contributed by atoms with Crippen LogP contribution in [0.1, 0.15) is 152 Å². The first-order valence-electron chi connectivity index (χ1n) is 32.9. The minimum atomic E-state index is -1.50. The van der Waals surface area contributed by atoms with Crippen LogP contribution in [0.4, 0.5) is 0 Å². The number of thioether (sulfide) groups is 2. The van der Waals surface area contributed by atoms with Crippen molar-refractivity contribution in [2.45, 2.75) is 223 Å². The van der Waals surface area contributed by atoms with Gasteiger partial charge in [-0.15, -0.1) is 23.5 Å². The second-order valence-electron chi connectivity index (χ2n) is 27.0. The van der Waals surface area contributed by atoms with E-state index in [0.717, 1.165) is 41.6 Å². The zero-order valence-corrected chi connectivity index (χ0v) is 56.6. The summed E-state index contributed by atoms with van der Waals surface area (Å²) in [5, 5.41) is 22.8. The number of nitrogens with two attached hydrogens (primary N) is 2. The van der Waals surface area contributed by atoms with Gasteiger partial charge in [0.15, 0.2) is 5.78 Å². The average Bonchev–Trinajstić information content (AvgIpc) is 1.51. The highest BCUT2D eigenvalue weighted by Crippen LogP contribution is 2.68. The van der Waals surface area contributed by atoms with Crippen LogP contribution in [0.25, 0.3) is 0 Å². The second kappa shape index (κ2) is 30.5. The second-order valence-corrected chi connectivity index (χ2v) is 30.0. The summed E-state index contributed by atoms with van der Waals surface area (Å²) in [6.45, 7) is 18.8. The van der Waals surface area contributed by atoms with Gasteiger partial charge in [0.1, 0.15) is 48.3 Å². The lowest BCUT2D eigenvalue weighted by Crippen LogP contribution is -2.61. The summed E-state index contributed by atoms with van der Waals surface area (Å²) in [7, 11) is 0. The molecule has 10 amide bonds. The zero-order valence-electron chi connectivity index (χ0n) is 54.9. The molecule has 11 atom stereocenters. The summed E-state index contributed by atoms with van der Waals surface area (Å²) in [4.78, 5) is 165. The Morgan fingerprint density at radius 1 is 0.554 bits per heavy atom. The quantitative estimate of drug-likeness (QED) is 0.128. The molecule has 25 heteroatoms. The average molecular weight is 1310 g/mol. The van der Waals surface area contributed by atoms with Gasteiger partial charge in [0.25, 0.3) is 5.91 Å². The molecule has 92 heavy (non-hydrogen) atoms. The number of allylic oxidation sites excluding steroid dienone is 4. The van der Waals surface area contributed by atoms with Crippen LogP contribution in [0.5, 0.6) is 0 Å². The van der Waals surface area contributed by atoms with Crippen LogP contribution in [0.2, 0.25) is 0 Å². The Kier molecular flexibility index (Phi) is 23.5. The van der Waals surface area contributed by atoms with Crippen molar-refractivity contribution in [1.82, 2.24) is 52.3 Å². The first kappa shape index (κ1) is 71.0. The van der Waals surface area contributed by atoms with Crippen LogP contribution in [0, 0.1) is 17.8 Å². The third-order valence-electron chi connectivity index (χ3n) is 18.9. The Morgan fingerprint density at radius 2 is 1.02 bits per heavy atom. The molecule has 0 aromatic heterocycles. The number of rotatable bonds is 14. The van der Waals surface area contributed by atoms with E-state index in [1.165, 1.54) is 28.4 Å². The Morgan fingerprint density at radius 3 is 1.55 bits per heavy atom. The summed E-state index contributed by atoms with van der Waals surface area (Å²) in [6.07, 6.45) is 7.83. The fraction of sp³-hybridized carbons (Fsp3) is 0.627. The maximum absolute atomic E-state index is 15.2. The number of Topliss-reactive ketones (excluding diaryl/α,β-unsaturated/α-hetero) is 1. The maximum atomic E-state index is 15.2. The topological polar surface area (TPSA) is 343 Å². The van der Waals surface area contributed by atoms with E-state index in [9.17, 15) is 43.2 Å². The minimum absolute atomic E-state index is 0.00619. The van der Waals surface area contributed by atoms with E-state index in [1.54, 1.807) is 90.6 Å². The summed E-state index contributed by atoms with van der Waals surface area (Å²) in [5.74, 6) is -8.29. The molecule has 12 N–H and O–H groups in total. The molecule has 2 aliphatic carbocycles. The Labute approximate surface area is 549 Å². The van der Waals surface area contributed by atoms with Crippen LogP contribution >= 0.6 is 23.5 Å². The van der Waals surface area contributed by atoms with Crippen molar-refractivity contribution in [3.63, 3.8) is 0 Å². The number of nitrogens with one attached hydrogen (secondary N) is 8. The molecule has 4 bridgehead atoms. The van der Waals surface area contributed by atoms with Gasteiger partial charge in [0.2, 0.25) is 53.2 Å². The van der Waals surface area contributed by atoms with Gasteiger partial charge in [-0.25, -0.2) is 0 Å². The maximum Gasteiger partial charge on any atom is 0.258 e. The third kappa shape index (κ3) is 15.5. The normalized spacial score (nSPS) is 30.0. The number of carbonyl (C=O) groups excluding carboxylic acids is 11. The SMILES string of the molecule is CC(C)NC(=O)C[C@@H]1NC(=O)C2=CC3=C4CCCC4=C4C=C(S[C@]4(C)[C@@]3(C)S2)C(=O)[C@H]2CCCN2C(=O)[C@H](C(C)C)NC(=O)[C@H](CCCN)NC(=O)[C@H](C(C)C)NC(=O)[C@@H]2CCCN2C(=O)[C@@H](Cc2ccccc2)NC(=O)[C@H](C(C)C)NC(=O)[C@H](CCCN)NC1=O. The summed E-state index contributed by atoms with van der Waals surface area (Å²) < 4.78 is -1.65. The number of hydrogen-bond acceptors (Lipinski definition) is 15. The van der Waals surface area contributed by atoms with Gasteiger partial charge >= 0.3 is 0 Å². The Hall–Kier alpha value is -6.83. The molecular weight excluding hydrogens is 1210 g/mol. The lowest BCUT2D eigenvalue weighted by Gasteiger charge is -2.47. The Bertz CT molecular complexity index is 3180. The predicted molar refractivity (Wildman–Crippen MR) is 353 cm³/mol. The highest BCUT2D eigenvalue weighted by molar-refractivity contribution is 8.10. The smallest absolute Gasteiger partial charge is 0.258 e. The molecule has 7 aliphatic rings. The van der Waals surface area contributed by atoms with E-state index in [4.69, 9.17) is 11.5 Å². The van der Waals surface area contributed by atoms with Crippen LogP contribution in [0.3, 0.4) is 0 Å². The van der Waals surface area contributed by atoms with Gasteiger partial charge in [-0.2, -0.15) is 0 Å². The molecule has 5 aliphatic heterocycles. The summed E-state index contributed by atoms with van der Waals surface area (Å²) >= 11 is 2.72. The van der Waals surface area contributed by atoms with Gasteiger partial charge in [0, 0.05) is 25.6 Å². The standard InChI is InChI=1S/C67H96N12O11S2/c1-35(2)53-63(88)74-47(31-39-19-12-11-13-20-39)64(89)79-30-18-26-49(79)60(85)76-54(36(3)4)62(87)72-45(24-16-28-69)58(83)77-55(37(5)6)65(90)78-29-17-25-48(78)56(81)50-32-42-40-21-14-22-41(40)43-33-51(92-67(43,10)66(42,9)91-50)61(86)73-46(34-52(80)70-38(7)8)59(84)71-44(23-15-27-68)57(82)75-53/h11-13,19-20,32-33,35-38,44-49,53-55H,14-18,21-31,34,68-69H2,1-10H3,(H,70,80)(H,71,84)(H,72,87)(H,73,86)(H,74,88)(H,75,82)(H,76,85)(H,77,83)/t44-,45-,46-,47+,48+,49-,53-,54-,55-,66-,67-/m0/s1. The summed E-state index contributed by atoms with van der Waals surface area (Å²) in [5.41, 5.74) is 16.7. The van der Waals surface area contributed by atoms with Crippen molar-refractivity contribution in [3.8, 4) is 0 Å². The molecule has 0 spiro atoms. The molecule has 23 nitrogen and oxygen atoms in total. The van der Waals surface area contributed by atoms with Crippen LogP contribution in [-0.4, -0.2) is 171 Å². The lowest BCUT2D eigenvalue weighted by molar-refractivity contribution is -0.143. The fourth-order valence-corrected chi connectivity index (χ4v) is 16.8. The van der Waals surface area contributed by atoms with Crippen LogP contribution in [-0.2, 0) is 59.2 Å². The van der Waals surface area contributed by atoms with Crippen molar-refractivity contribution in [1.29, 1.82) is 0 Å². The molecule has 3 saturated heterocycles. The largest absolute Gasteiger partial charge is 0.354 e. The molecule has 1 saturated carbocycles. The number of hydrogen-bond donors (Lipinski definition) is 10. The highest BCUT2D eigenvalue weighted by atomic mass is 32.2. The molecule has 0 unspecified atom stereocenters. The third-order valence-corrected chi connectivity index (χ3v) is 22.1. The van der Waals surface area contributed by atoms with E-state index in [2.05, 4.69) is 56.4 Å². The van der Waals surface area contributed by atoms with Crippen molar-refractivity contribution in [2.75, 3.05) is 26.2 Å². The molecule has 5 heterocycles. The monoisotopic (exact) mass is 1310 g/mol. The van der Waals surface area contributed by atoms with Crippen LogP contribution < -0.4 is 54.0 Å². The van der Waals surface area contributed by atoms with E-state index >= 15 is 9.59 Å². The van der Waals surface area contributed by atoms with Crippen molar-refractivity contribution in [2.24, 2.45) is 29.2 Å². The molecule has 502 valence electrons. The zero-order chi connectivity index (χ0) is 67.1. The van der Waals surface area contributed by atoms with Crippen molar-refractivity contribution < 1.29 is 52.7 Å². The number of fused-ring (bicyclic) bond motifs is 5. The van der Waals surface area contributed by atoms with E-state index in [0.29, 0.717) is 36.2 Å². The van der Waals surface area contributed by atoms with Gasteiger partial charge < -0.3 is 63.8 Å². The number of amides is 10. The van der Waals surface area contributed by atoms with E-state index in [-0.39, 0.29) is 75.0 Å². The van der Waals surface area contributed by atoms with Gasteiger partial charge in [-0.1, -0.05) is 71.9 Å². The highest BCUT2D eigenvalue weighted by Gasteiger charge is 2.61. The van der Waals surface area contributed by atoms with Crippen molar-refractivity contribution in [3.05, 3.63) is 80.2 Å². The van der Waals surface area contributed by atoms with E-state index in [1.807, 2.05) is 12.2 Å². The number of ketones is 1. The van der Waals surface area contributed by atoms with Crippen molar-refractivity contribution >= 4 is 88.4 Å². The molecule has 1 aromatic rings. The van der Waals surface area contributed by atoms with E-state index < -0.39 is 147 Å². The molecule has 0 radical (unpaired) electrons. The first-order chi connectivity index (χ1) is 43.6. The minimum Gasteiger partial charge on any atom is -0.354 e. The number of nitrogens with zero attached hydrogens (tertiary/aromatic N) is 2. The van der Waals surface area contributed by atoms with Gasteiger partial charge in [0.05, 0.1) is 31.8 Å². The molecule has 1 aromatic carbocycles. The molecule has 4 fully saturated rings. The van der Waals surface area contributed by atoms with Crippen LogP contribution in [0.15, 0.2) is 74.6 Å². The molecular formula is C67H96N12O11S2. The van der Waals surface area contributed by atoms with Gasteiger partial charge in [-0.3, -0.25) is 52.7 Å². The first-order valence-corrected chi connectivity index (χ1v) is 34.6. The number of benzene rings is 1. The Balaban J connectivity index is 1.17. The lowest BCUT2D eigenvalue weighted by atomic mass is 9.72. The van der Waals surface area contributed by atoms with Gasteiger partial charge in [-0.05, 0) is 169 Å².